The van der Waals surface area contributed by atoms with Crippen LogP contribution in [-0.2, 0) is 17.8 Å². The number of nitrogens with one attached hydrogen (secondary N) is 1. The van der Waals surface area contributed by atoms with Gasteiger partial charge in [-0.25, -0.2) is 0 Å². The van der Waals surface area contributed by atoms with Crippen molar-refractivity contribution < 1.29 is 14.3 Å². The van der Waals surface area contributed by atoms with E-state index in [1.807, 2.05) is 41.3 Å². The van der Waals surface area contributed by atoms with E-state index >= 15 is 0 Å². The Labute approximate surface area is 170 Å². The number of hydrogen-bond donors (Lipinski definition) is 1. The van der Waals surface area contributed by atoms with Crippen molar-refractivity contribution in [2.24, 2.45) is 0 Å². The summed E-state index contributed by atoms with van der Waals surface area (Å²) in [6.07, 6.45) is 0. The number of carbonyl (C=O) groups is 1. The molecule has 0 aliphatic carbocycles. The van der Waals surface area contributed by atoms with Crippen LogP contribution < -0.4 is 4.74 Å². The Morgan fingerprint density at radius 1 is 1.00 bits per heavy atom. The first-order valence-electron chi connectivity index (χ1n) is 10.2. The first kappa shape index (κ1) is 18.2. The molecule has 3 heterocycles. The van der Waals surface area contributed by atoms with Crippen LogP contribution in [-0.4, -0.2) is 60.1 Å². The van der Waals surface area contributed by atoms with E-state index in [0.29, 0.717) is 25.4 Å². The molecular weight excluding hydrogens is 366 g/mol. The van der Waals surface area contributed by atoms with Crippen LogP contribution in [0.15, 0.2) is 48.5 Å². The minimum absolute atomic E-state index is 0.0104. The molecule has 2 aromatic carbocycles. The minimum Gasteiger partial charge on any atom is -0.491 e. The van der Waals surface area contributed by atoms with E-state index in [2.05, 4.69) is 22.0 Å². The summed E-state index contributed by atoms with van der Waals surface area (Å²) in [5.41, 5.74) is 3.92. The van der Waals surface area contributed by atoms with Gasteiger partial charge in [0.15, 0.2) is 0 Å². The van der Waals surface area contributed by atoms with Crippen LogP contribution in [0, 0.1) is 0 Å². The molecule has 2 aliphatic heterocycles. The predicted molar refractivity (Wildman–Crippen MR) is 111 cm³/mol. The van der Waals surface area contributed by atoms with E-state index in [4.69, 9.17) is 9.47 Å². The van der Waals surface area contributed by atoms with Gasteiger partial charge in [0.25, 0.3) is 5.91 Å². The molecule has 1 fully saturated rings. The molecule has 0 atom stereocenters. The molecule has 1 N–H and O–H groups in total. The van der Waals surface area contributed by atoms with Crippen molar-refractivity contribution in [2.75, 3.05) is 39.5 Å². The minimum atomic E-state index is 0.0104. The molecule has 6 heteroatoms. The topological polar surface area (TPSA) is 57.8 Å². The maximum atomic E-state index is 13.2. The molecule has 1 aromatic heterocycles. The maximum Gasteiger partial charge on any atom is 0.270 e. The number of hydrogen-bond acceptors (Lipinski definition) is 4. The van der Waals surface area contributed by atoms with Crippen LogP contribution in [0.2, 0.25) is 0 Å². The Balaban J connectivity index is 1.36. The number of amides is 1. The van der Waals surface area contributed by atoms with Crippen molar-refractivity contribution in [1.29, 1.82) is 0 Å². The van der Waals surface area contributed by atoms with Crippen molar-refractivity contribution in [3.63, 3.8) is 0 Å². The van der Waals surface area contributed by atoms with E-state index in [9.17, 15) is 4.79 Å². The van der Waals surface area contributed by atoms with Gasteiger partial charge in [-0.1, -0.05) is 24.3 Å². The van der Waals surface area contributed by atoms with Gasteiger partial charge in [0.1, 0.15) is 18.1 Å². The standard InChI is InChI=1S/C23H25N3O3/c27-23(21-14-18-3-1-2-4-20(18)24-21)26-9-12-29-22-6-5-17(13-19(22)16-26)15-25-7-10-28-11-8-25/h1-6,13-14,24H,7-12,15-16H2. The van der Waals surface area contributed by atoms with Crippen molar-refractivity contribution in [2.45, 2.75) is 13.1 Å². The lowest BCUT2D eigenvalue weighted by Crippen LogP contribution is -2.35. The number of para-hydroxylation sites is 1. The smallest absolute Gasteiger partial charge is 0.270 e. The first-order chi connectivity index (χ1) is 14.3. The van der Waals surface area contributed by atoms with Crippen LogP contribution >= 0.6 is 0 Å². The number of benzene rings is 2. The highest BCUT2D eigenvalue weighted by molar-refractivity contribution is 5.98. The van der Waals surface area contributed by atoms with Gasteiger partial charge in [0.2, 0.25) is 0 Å². The lowest BCUT2D eigenvalue weighted by atomic mass is 10.1. The fourth-order valence-electron chi connectivity index (χ4n) is 4.10. The van der Waals surface area contributed by atoms with Gasteiger partial charge in [-0.3, -0.25) is 9.69 Å². The molecule has 0 radical (unpaired) electrons. The number of rotatable bonds is 3. The van der Waals surface area contributed by atoms with Gasteiger partial charge in [0.05, 0.1) is 19.8 Å². The third-order valence-corrected chi connectivity index (χ3v) is 5.66. The van der Waals surface area contributed by atoms with Crippen LogP contribution in [0.4, 0.5) is 0 Å². The largest absolute Gasteiger partial charge is 0.491 e. The van der Waals surface area contributed by atoms with Gasteiger partial charge in [-0.15, -0.1) is 0 Å². The van der Waals surface area contributed by atoms with Gasteiger partial charge in [-0.2, -0.15) is 0 Å². The molecular formula is C23H25N3O3. The molecule has 2 aliphatic rings. The first-order valence-corrected chi connectivity index (χ1v) is 10.2. The van der Waals surface area contributed by atoms with Gasteiger partial charge >= 0.3 is 0 Å². The summed E-state index contributed by atoms with van der Waals surface area (Å²) >= 11 is 0. The summed E-state index contributed by atoms with van der Waals surface area (Å²) in [6, 6.07) is 16.2. The lowest BCUT2D eigenvalue weighted by molar-refractivity contribution is 0.0341. The summed E-state index contributed by atoms with van der Waals surface area (Å²) < 4.78 is 11.4. The van der Waals surface area contributed by atoms with E-state index in [0.717, 1.165) is 55.1 Å². The SMILES string of the molecule is O=C(c1cc2ccccc2[nH]1)N1CCOc2ccc(CN3CCOCC3)cc2C1. The Bertz CT molecular complexity index is 990. The van der Waals surface area contributed by atoms with Crippen LogP contribution in [0.25, 0.3) is 10.9 Å². The summed E-state index contributed by atoms with van der Waals surface area (Å²) in [7, 11) is 0. The Kier molecular flexibility index (Phi) is 4.96. The zero-order chi connectivity index (χ0) is 19.6. The highest BCUT2D eigenvalue weighted by Crippen LogP contribution is 2.26. The van der Waals surface area contributed by atoms with Crippen LogP contribution in [0.1, 0.15) is 21.6 Å². The number of carbonyl (C=O) groups excluding carboxylic acids is 1. The van der Waals surface area contributed by atoms with Crippen molar-refractivity contribution >= 4 is 16.8 Å². The summed E-state index contributed by atoms with van der Waals surface area (Å²) in [5.74, 6) is 0.888. The highest BCUT2D eigenvalue weighted by Gasteiger charge is 2.23. The van der Waals surface area contributed by atoms with Gasteiger partial charge < -0.3 is 19.4 Å². The molecule has 1 amide bonds. The van der Waals surface area contributed by atoms with E-state index in [1.165, 1.54) is 5.56 Å². The van der Waals surface area contributed by atoms with Gasteiger partial charge in [0, 0.05) is 42.6 Å². The number of morpholine rings is 1. The summed E-state index contributed by atoms with van der Waals surface area (Å²) in [6.45, 7) is 6.02. The summed E-state index contributed by atoms with van der Waals surface area (Å²) in [4.78, 5) is 20.7. The highest BCUT2D eigenvalue weighted by atomic mass is 16.5. The molecule has 0 bridgehead atoms. The molecule has 29 heavy (non-hydrogen) atoms. The molecule has 1 saturated heterocycles. The third-order valence-electron chi connectivity index (χ3n) is 5.66. The fraction of sp³-hybridized carbons (Fsp3) is 0.348. The van der Waals surface area contributed by atoms with Crippen molar-refractivity contribution in [3.8, 4) is 5.75 Å². The van der Waals surface area contributed by atoms with Crippen molar-refractivity contribution in [3.05, 3.63) is 65.4 Å². The Morgan fingerprint density at radius 3 is 2.72 bits per heavy atom. The van der Waals surface area contributed by atoms with E-state index in [-0.39, 0.29) is 5.91 Å². The molecule has 0 unspecified atom stereocenters. The number of fused-ring (bicyclic) bond motifs is 2. The van der Waals surface area contributed by atoms with Crippen LogP contribution in [0.3, 0.4) is 0 Å². The second-order valence-electron chi connectivity index (χ2n) is 7.68. The molecule has 5 rings (SSSR count). The quantitative estimate of drug-likeness (QED) is 0.746. The Morgan fingerprint density at radius 2 is 1.86 bits per heavy atom. The zero-order valence-electron chi connectivity index (χ0n) is 16.4. The second kappa shape index (κ2) is 7.89. The van der Waals surface area contributed by atoms with Crippen molar-refractivity contribution in [1.82, 2.24) is 14.8 Å². The molecule has 6 nitrogen and oxygen atoms in total. The average Bonchev–Trinajstić information content (AvgIpc) is 3.07. The van der Waals surface area contributed by atoms with Crippen LogP contribution in [0.5, 0.6) is 5.75 Å². The third kappa shape index (κ3) is 3.86. The lowest BCUT2D eigenvalue weighted by Gasteiger charge is -2.27. The van der Waals surface area contributed by atoms with Gasteiger partial charge in [-0.05, 0) is 29.8 Å². The summed E-state index contributed by atoms with van der Waals surface area (Å²) in [5, 5.41) is 1.05. The predicted octanol–water partition coefficient (Wildman–Crippen LogP) is 3.03. The molecule has 150 valence electrons. The monoisotopic (exact) mass is 391 g/mol. The number of nitrogens with zero attached hydrogens (tertiary/aromatic N) is 2. The average molecular weight is 391 g/mol. The Hall–Kier alpha value is -2.83. The second-order valence-corrected chi connectivity index (χ2v) is 7.68. The molecule has 3 aromatic rings. The number of ether oxygens (including phenoxy) is 2. The van der Waals surface area contributed by atoms with E-state index < -0.39 is 0 Å². The molecule has 0 saturated carbocycles. The van der Waals surface area contributed by atoms with E-state index in [1.54, 1.807) is 0 Å². The number of H-pyrrole nitrogens is 1. The fourth-order valence-corrected chi connectivity index (χ4v) is 4.10. The zero-order valence-corrected chi connectivity index (χ0v) is 16.4. The molecule has 0 spiro atoms. The normalized spacial score (nSPS) is 17.6. The number of aromatic nitrogens is 1. The maximum absolute atomic E-state index is 13.2. The number of aromatic amines is 1.